The fraction of sp³-hybridized carbons (Fsp3) is 0. The highest BCUT2D eigenvalue weighted by molar-refractivity contribution is 5.73. The molecule has 0 bridgehead atoms. The third-order valence-corrected chi connectivity index (χ3v) is 2.08. The molecule has 0 fully saturated rings. The molecule has 0 aliphatic rings. The van der Waals surface area contributed by atoms with E-state index < -0.39 is 0 Å². The molecule has 0 amide bonds. The Hall–Kier alpha value is -2.29. The van der Waals surface area contributed by atoms with E-state index in [9.17, 15) is 0 Å². The molecular weight excluding hydrogens is 200 g/mol. The van der Waals surface area contributed by atoms with E-state index in [2.05, 4.69) is 9.97 Å². The highest BCUT2D eigenvalue weighted by atomic mass is 16.3. The molecule has 0 radical (unpaired) electrons. The van der Waals surface area contributed by atoms with Gasteiger partial charge >= 0.3 is 0 Å². The predicted molar refractivity (Wildman–Crippen MR) is 64.2 cm³/mol. The molecule has 0 unspecified atom stereocenters. The molecule has 2 N–H and O–H groups in total. The van der Waals surface area contributed by atoms with Gasteiger partial charge in [-0.2, -0.15) is 0 Å². The van der Waals surface area contributed by atoms with Crippen LogP contribution >= 0.6 is 0 Å². The molecule has 0 saturated heterocycles. The van der Waals surface area contributed by atoms with Crippen LogP contribution in [0.2, 0.25) is 0 Å². The first-order chi connectivity index (χ1) is 7.86. The first kappa shape index (κ1) is 10.2. The van der Waals surface area contributed by atoms with Gasteiger partial charge < -0.3 is 10.1 Å². The molecule has 16 heavy (non-hydrogen) atoms. The summed E-state index contributed by atoms with van der Waals surface area (Å²) >= 11 is 0. The number of rotatable bonds is 0. The van der Waals surface area contributed by atoms with Crippen molar-refractivity contribution in [3.05, 3.63) is 60.9 Å². The van der Waals surface area contributed by atoms with Crippen LogP contribution in [0.3, 0.4) is 0 Å². The number of aromatic nitrogens is 2. The topological polar surface area (TPSA) is 48.9 Å². The second-order valence-corrected chi connectivity index (χ2v) is 3.26. The van der Waals surface area contributed by atoms with Gasteiger partial charge in [-0.05, 0) is 24.3 Å². The molecule has 3 nitrogen and oxygen atoms in total. The second kappa shape index (κ2) is 4.98. The van der Waals surface area contributed by atoms with Crippen molar-refractivity contribution >= 4 is 11.0 Å². The number of aromatic hydroxyl groups is 1. The summed E-state index contributed by atoms with van der Waals surface area (Å²) in [5.74, 6) is 0.322. The number of aromatic amines is 1. The SMILES string of the molecule is Oc1ccccc1.c1ccc2[nH]cnc2c1. The van der Waals surface area contributed by atoms with E-state index in [0.717, 1.165) is 11.0 Å². The van der Waals surface area contributed by atoms with E-state index in [0.29, 0.717) is 5.75 Å². The largest absolute Gasteiger partial charge is 0.508 e. The maximum Gasteiger partial charge on any atom is 0.115 e. The first-order valence-corrected chi connectivity index (χ1v) is 4.98. The summed E-state index contributed by atoms with van der Waals surface area (Å²) in [5.41, 5.74) is 2.12. The lowest BCUT2D eigenvalue weighted by molar-refractivity contribution is 0.475. The smallest absolute Gasteiger partial charge is 0.115 e. The van der Waals surface area contributed by atoms with Crippen molar-refractivity contribution in [3.8, 4) is 5.75 Å². The third kappa shape index (κ3) is 2.60. The number of hydrogen-bond acceptors (Lipinski definition) is 2. The maximum absolute atomic E-state index is 8.63. The Kier molecular flexibility index (Phi) is 3.18. The number of benzene rings is 2. The molecule has 0 atom stereocenters. The van der Waals surface area contributed by atoms with Crippen LogP contribution in [-0.2, 0) is 0 Å². The number of para-hydroxylation sites is 3. The molecular formula is C13H12N2O. The van der Waals surface area contributed by atoms with Gasteiger partial charge in [-0.1, -0.05) is 30.3 Å². The third-order valence-electron chi connectivity index (χ3n) is 2.08. The Morgan fingerprint density at radius 3 is 2.19 bits per heavy atom. The van der Waals surface area contributed by atoms with Crippen LogP contribution < -0.4 is 0 Å². The number of H-pyrrole nitrogens is 1. The lowest BCUT2D eigenvalue weighted by atomic mass is 10.3. The molecule has 3 aromatic rings. The van der Waals surface area contributed by atoms with Crippen molar-refractivity contribution in [1.29, 1.82) is 0 Å². The maximum atomic E-state index is 8.63. The summed E-state index contributed by atoms with van der Waals surface area (Å²) in [6, 6.07) is 16.7. The molecule has 0 spiro atoms. The van der Waals surface area contributed by atoms with Gasteiger partial charge in [-0.3, -0.25) is 0 Å². The number of nitrogens with one attached hydrogen (secondary N) is 1. The summed E-state index contributed by atoms with van der Waals surface area (Å²) in [6.45, 7) is 0. The summed E-state index contributed by atoms with van der Waals surface area (Å²) in [7, 11) is 0. The van der Waals surface area contributed by atoms with Gasteiger partial charge in [0.1, 0.15) is 5.75 Å². The van der Waals surface area contributed by atoms with E-state index in [1.807, 2.05) is 30.3 Å². The zero-order valence-corrected chi connectivity index (χ0v) is 8.67. The Morgan fingerprint density at radius 1 is 0.875 bits per heavy atom. The second-order valence-electron chi connectivity index (χ2n) is 3.26. The van der Waals surface area contributed by atoms with Crippen LogP contribution in [0.25, 0.3) is 11.0 Å². The van der Waals surface area contributed by atoms with E-state index in [1.54, 1.807) is 30.6 Å². The number of phenolic OH excluding ortho intramolecular Hbond substituents is 1. The predicted octanol–water partition coefficient (Wildman–Crippen LogP) is 2.96. The average Bonchev–Trinajstić information content (AvgIpc) is 2.79. The molecule has 1 heterocycles. The molecule has 1 aromatic heterocycles. The minimum absolute atomic E-state index is 0.322. The molecule has 80 valence electrons. The van der Waals surface area contributed by atoms with Crippen molar-refractivity contribution in [2.45, 2.75) is 0 Å². The van der Waals surface area contributed by atoms with Gasteiger partial charge in [-0.15, -0.1) is 0 Å². The number of hydrogen-bond donors (Lipinski definition) is 2. The fourth-order valence-electron chi connectivity index (χ4n) is 1.31. The van der Waals surface area contributed by atoms with Crippen LogP contribution in [0.5, 0.6) is 5.75 Å². The van der Waals surface area contributed by atoms with Crippen LogP contribution in [0.15, 0.2) is 60.9 Å². The molecule has 2 aromatic carbocycles. The Bertz CT molecular complexity index is 516. The number of nitrogens with zero attached hydrogens (tertiary/aromatic N) is 1. The van der Waals surface area contributed by atoms with Crippen LogP contribution in [0.4, 0.5) is 0 Å². The minimum atomic E-state index is 0.322. The van der Waals surface area contributed by atoms with Crippen LogP contribution in [0.1, 0.15) is 0 Å². The standard InChI is InChI=1S/C7H6N2.C6H6O/c1-2-4-7-6(3-1)8-5-9-7;7-6-4-2-1-3-5-6/h1-5H,(H,8,9);1-5,7H. The van der Waals surface area contributed by atoms with Gasteiger partial charge in [0.15, 0.2) is 0 Å². The number of fused-ring (bicyclic) bond motifs is 1. The minimum Gasteiger partial charge on any atom is -0.508 e. The molecule has 3 rings (SSSR count). The van der Waals surface area contributed by atoms with Crippen LogP contribution in [-0.4, -0.2) is 15.1 Å². The Labute approximate surface area is 93.4 Å². The van der Waals surface area contributed by atoms with Crippen molar-refractivity contribution in [1.82, 2.24) is 9.97 Å². The van der Waals surface area contributed by atoms with Crippen molar-refractivity contribution in [2.24, 2.45) is 0 Å². The molecule has 3 heteroatoms. The molecule has 0 saturated carbocycles. The lowest BCUT2D eigenvalue weighted by Crippen LogP contribution is -1.63. The zero-order chi connectivity index (χ0) is 11.2. The van der Waals surface area contributed by atoms with E-state index in [-0.39, 0.29) is 0 Å². The summed E-state index contributed by atoms with van der Waals surface area (Å²) in [4.78, 5) is 7.07. The van der Waals surface area contributed by atoms with Crippen molar-refractivity contribution < 1.29 is 5.11 Å². The van der Waals surface area contributed by atoms with Gasteiger partial charge in [0.2, 0.25) is 0 Å². The van der Waals surface area contributed by atoms with Gasteiger partial charge in [0.05, 0.1) is 17.4 Å². The van der Waals surface area contributed by atoms with E-state index in [4.69, 9.17) is 5.11 Å². The summed E-state index contributed by atoms with van der Waals surface area (Å²) in [6.07, 6.45) is 1.70. The van der Waals surface area contributed by atoms with E-state index >= 15 is 0 Å². The number of phenols is 1. The lowest BCUT2D eigenvalue weighted by Gasteiger charge is -1.82. The monoisotopic (exact) mass is 212 g/mol. The highest BCUT2D eigenvalue weighted by Gasteiger charge is 1.88. The van der Waals surface area contributed by atoms with Crippen molar-refractivity contribution in [2.75, 3.05) is 0 Å². The van der Waals surface area contributed by atoms with Gasteiger partial charge in [0.25, 0.3) is 0 Å². The Balaban J connectivity index is 0.000000125. The van der Waals surface area contributed by atoms with Crippen molar-refractivity contribution in [3.63, 3.8) is 0 Å². The fourth-order valence-corrected chi connectivity index (χ4v) is 1.31. The van der Waals surface area contributed by atoms with Gasteiger partial charge in [0, 0.05) is 0 Å². The highest BCUT2D eigenvalue weighted by Crippen LogP contribution is 2.05. The summed E-state index contributed by atoms with van der Waals surface area (Å²) in [5, 5.41) is 8.63. The first-order valence-electron chi connectivity index (χ1n) is 4.98. The Morgan fingerprint density at radius 2 is 1.56 bits per heavy atom. The van der Waals surface area contributed by atoms with Crippen LogP contribution in [0, 0.1) is 0 Å². The average molecular weight is 212 g/mol. The zero-order valence-electron chi connectivity index (χ0n) is 8.67. The molecule has 0 aliphatic carbocycles. The molecule has 0 aliphatic heterocycles. The van der Waals surface area contributed by atoms with E-state index in [1.165, 1.54) is 0 Å². The quantitative estimate of drug-likeness (QED) is 0.602. The number of imidazole rings is 1. The normalized spacial score (nSPS) is 9.50. The van der Waals surface area contributed by atoms with Gasteiger partial charge in [-0.25, -0.2) is 4.98 Å². The summed E-state index contributed by atoms with van der Waals surface area (Å²) < 4.78 is 0.